The molecule has 0 radical (unpaired) electrons. The molecule has 0 amide bonds. The zero-order valence-corrected chi connectivity index (χ0v) is 12.7. The molecule has 4 N–H and O–H groups in total. The van der Waals surface area contributed by atoms with Crippen LogP contribution in [0.15, 0.2) is 36.4 Å². The maximum absolute atomic E-state index is 11.3. The Morgan fingerprint density at radius 1 is 1.24 bits per heavy atom. The second-order valence-electron chi connectivity index (χ2n) is 4.65. The number of anilines is 2. The maximum atomic E-state index is 11.3. The molecule has 2 aromatic carbocycles. The molecule has 4 nitrogen and oxygen atoms in total. The van der Waals surface area contributed by atoms with Gasteiger partial charge in [-0.2, -0.15) is 0 Å². The number of nitrogens with one attached hydrogen (secondary N) is 1. The molecule has 0 spiro atoms. The molecule has 0 heterocycles. The highest BCUT2D eigenvalue weighted by Crippen LogP contribution is 2.32. The fraction of sp³-hybridized carbons (Fsp3) is 0.133. The van der Waals surface area contributed by atoms with Crippen LogP contribution < -0.4 is 11.1 Å². The second kappa shape index (κ2) is 6.24. The molecule has 1 atom stereocenters. The highest BCUT2D eigenvalue weighted by atomic mass is 35.5. The summed E-state index contributed by atoms with van der Waals surface area (Å²) < 4.78 is 0. The Balaban J connectivity index is 2.34. The van der Waals surface area contributed by atoms with Gasteiger partial charge in [0.15, 0.2) is 0 Å². The van der Waals surface area contributed by atoms with Gasteiger partial charge in [0.05, 0.1) is 16.3 Å². The van der Waals surface area contributed by atoms with E-state index in [2.05, 4.69) is 5.32 Å². The molecule has 1 unspecified atom stereocenters. The lowest BCUT2D eigenvalue weighted by Crippen LogP contribution is -2.11. The standard InChI is InChI=1S/C15H14Cl2N2O2/c1-8(9-2-4-10(16)5-3-9)19-14-12(15(20)21)6-11(18)7-13(14)17/h2-8,19H,18H2,1H3,(H,20,21). The van der Waals surface area contributed by atoms with Crippen LogP contribution in [0, 0.1) is 0 Å². The van der Waals surface area contributed by atoms with Crippen LogP contribution in [-0.2, 0) is 0 Å². The zero-order valence-electron chi connectivity index (χ0n) is 11.2. The Hall–Kier alpha value is -1.91. The SMILES string of the molecule is CC(Nc1c(Cl)cc(N)cc1C(=O)O)c1ccc(Cl)cc1. The molecular weight excluding hydrogens is 311 g/mol. The molecule has 0 bridgehead atoms. The summed E-state index contributed by atoms with van der Waals surface area (Å²) in [7, 11) is 0. The van der Waals surface area contributed by atoms with E-state index >= 15 is 0 Å². The average molecular weight is 325 g/mol. The molecule has 6 heteroatoms. The molecule has 0 aliphatic heterocycles. The Kier molecular flexibility index (Phi) is 4.60. The number of aromatic carboxylic acids is 1. The number of carboxylic acids is 1. The minimum Gasteiger partial charge on any atom is -0.478 e. The molecule has 0 aliphatic carbocycles. The zero-order chi connectivity index (χ0) is 15.6. The van der Waals surface area contributed by atoms with E-state index in [1.54, 1.807) is 12.1 Å². The molecule has 0 fully saturated rings. The van der Waals surface area contributed by atoms with Crippen LogP contribution in [0.4, 0.5) is 11.4 Å². The van der Waals surface area contributed by atoms with Crippen LogP contribution >= 0.6 is 23.2 Å². The van der Waals surface area contributed by atoms with Crippen molar-refractivity contribution < 1.29 is 9.90 Å². The lowest BCUT2D eigenvalue weighted by Gasteiger charge is -2.19. The minimum atomic E-state index is -1.09. The lowest BCUT2D eigenvalue weighted by atomic mass is 10.1. The van der Waals surface area contributed by atoms with E-state index in [1.807, 2.05) is 19.1 Å². The third-order valence-corrected chi connectivity index (χ3v) is 3.62. The predicted molar refractivity (Wildman–Crippen MR) is 86.3 cm³/mol. The molecule has 0 saturated carbocycles. The Bertz CT molecular complexity index is 672. The average Bonchev–Trinajstić information content (AvgIpc) is 2.41. The second-order valence-corrected chi connectivity index (χ2v) is 5.49. The fourth-order valence-corrected chi connectivity index (χ4v) is 2.40. The minimum absolute atomic E-state index is 0.0424. The van der Waals surface area contributed by atoms with Gasteiger partial charge < -0.3 is 16.2 Å². The molecule has 110 valence electrons. The summed E-state index contributed by atoms with van der Waals surface area (Å²) in [6.07, 6.45) is 0. The van der Waals surface area contributed by atoms with Gasteiger partial charge in [-0.3, -0.25) is 0 Å². The van der Waals surface area contributed by atoms with Crippen LogP contribution in [0.25, 0.3) is 0 Å². The summed E-state index contributed by atoms with van der Waals surface area (Å²) >= 11 is 12.0. The van der Waals surface area contributed by atoms with Crippen LogP contribution in [-0.4, -0.2) is 11.1 Å². The van der Waals surface area contributed by atoms with Crippen molar-refractivity contribution >= 4 is 40.5 Å². The van der Waals surface area contributed by atoms with Gasteiger partial charge in [-0.05, 0) is 36.8 Å². The Labute approximate surface area is 132 Å². The van der Waals surface area contributed by atoms with E-state index in [9.17, 15) is 9.90 Å². The van der Waals surface area contributed by atoms with Gasteiger partial charge in [0, 0.05) is 16.8 Å². The van der Waals surface area contributed by atoms with Crippen LogP contribution in [0.2, 0.25) is 10.0 Å². The van der Waals surface area contributed by atoms with Gasteiger partial charge in [-0.15, -0.1) is 0 Å². The third-order valence-electron chi connectivity index (χ3n) is 3.07. The van der Waals surface area contributed by atoms with Crippen molar-refractivity contribution in [3.05, 3.63) is 57.6 Å². The first-order valence-electron chi connectivity index (χ1n) is 6.23. The number of nitrogen functional groups attached to an aromatic ring is 1. The quantitative estimate of drug-likeness (QED) is 0.726. The molecule has 0 aliphatic rings. The van der Waals surface area contributed by atoms with E-state index in [4.69, 9.17) is 28.9 Å². The summed E-state index contributed by atoms with van der Waals surface area (Å²) in [4.78, 5) is 11.3. The Morgan fingerprint density at radius 3 is 2.43 bits per heavy atom. The third kappa shape index (κ3) is 3.60. The monoisotopic (exact) mass is 324 g/mol. The number of hydrogen-bond donors (Lipinski definition) is 3. The summed E-state index contributed by atoms with van der Waals surface area (Å²) in [6, 6.07) is 10.0. The topological polar surface area (TPSA) is 75.3 Å². The van der Waals surface area contributed by atoms with Crippen LogP contribution in [0.5, 0.6) is 0 Å². The van der Waals surface area contributed by atoms with E-state index in [1.165, 1.54) is 12.1 Å². The number of nitrogens with two attached hydrogens (primary N) is 1. The van der Waals surface area contributed by atoms with Crippen molar-refractivity contribution in [1.82, 2.24) is 0 Å². The van der Waals surface area contributed by atoms with Gasteiger partial charge in [0.1, 0.15) is 0 Å². The number of benzene rings is 2. The van der Waals surface area contributed by atoms with Crippen molar-refractivity contribution in [2.45, 2.75) is 13.0 Å². The van der Waals surface area contributed by atoms with Crippen molar-refractivity contribution in [2.75, 3.05) is 11.1 Å². The highest BCUT2D eigenvalue weighted by Gasteiger charge is 2.17. The normalized spacial score (nSPS) is 12.0. The molecule has 2 aromatic rings. The van der Waals surface area contributed by atoms with E-state index in [-0.39, 0.29) is 16.6 Å². The largest absolute Gasteiger partial charge is 0.478 e. The lowest BCUT2D eigenvalue weighted by molar-refractivity contribution is 0.0698. The highest BCUT2D eigenvalue weighted by molar-refractivity contribution is 6.34. The summed E-state index contributed by atoms with van der Waals surface area (Å²) in [5.74, 6) is -1.09. The van der Waals surface area contributed by atoms with E-state index in [0.29, 0.717) is 16.4 Å². The molecule has 0 saturated heterocycles. The summed E-state index contributed by atoms with van der Waals surface area (Å²) in [5.41, 5.74) is 7.29. The van der Waals surface area contributed by atoms with Crippen LogP contribution in [0.3, 0.4) is 0 Å². The molecule has 0 aromatic heterocycles. The number of carbonyl (C=O) groups is 1. The predicted octanol–water partition coefficient (Wildman–Crippen LogP) is 4.45. The molecular formula is C15H14Cl2N2O2. The fourth-order valence-electron chi connectivity index (χ4n) is 1.99. The van der Waals surface area contributed by atoms with Crippen molar-refractivity contribution in [3.8, 4) is 0 Å². The van der Waals surface area contributed by atoms with Gasteiger partial charge in [0.2, 0.25) is 0 Å². The van der Waals surface area contributed by atoms with Gasteiger partial charge in [-0.1, -0.05) is 35.3 Å². The number of rotatable bonds is 4. The van der Waals surface area contributed by atoms with Crippen molar-refractivity contribution in [3.63, 3.8) is 0 Å². The van der Waals surface area contributed by atoms with Crippen molar-refractivity contribution in [1.29, 1.82) is 0 Å². The van der Waals surface area contributed by atoms with Crippen molar-refractivity contribution in [2.24, 2.45) is 0 Å². The number of hydrogen-bond acceptors (Lipinski definition) is 3. The first kappa shape index (κ1) is 15.5. The first-order chi connectivity index (χ1) is 9.88. The first-order valence-corrected chi connectivity index (χ1v) is 6.98. The Morgan fingerprint density at radius 2 is 1.86 bits per heavy atom. The van der Waals surface area contributed by atoms with E-state index < -0.39 is 5.97 Å². The maximum Gasteiger partial charge on any atom is 0.337 e. The van der Waals surface area contributed by atoms with Gasteiger partial charge in [0.25, 0.3) is 0 Å². The molecule has 21 heavy (non-hydrogen) atoms. The molecule has 2 rings (SSSR count). The van der Waals surface area contributed by atoms with Crippen LogP contribution in [0.1, 0.15) is 28.9 Å². The summed E-state index contributed by atoms with van der Waals surface area (Å²) in [6.45, 7) is 1.90. The number of halogens is 2. The smallest absolute Gasteiger partial charge is 0.337 e. The number of carboxylic acid groups (broad SMARTS) is 1. The van der Waals surface area contributed by atoms with Gasteiger partial charge in [-0.25, -0.2) is 4.79 Å². The van der Waals surface area contributed by atoms with Gasteiger partial charge >= 0.3 is 5.97 Å². The summed E-state index contributed by atoms with van der Waals surface area (Å²) in [5, 5.41) is 13.3. The van der Waals surface area contributed by atoms with E-state index in [0.717, 1.165) is 5.56 Å².